The fraction of sp³-hybridized carbons (Fsp3) is 0.600. The van der Waals surface area contributed by atoms with Gasteiger partial charge in [0.1, 0.15) is 11.8 Å². The molecule has 1 aromatic rings. The molecular weight excluding hydrogens is 216 g/mol. The van der Waals surface area contributed by atoms with Crippen LogP contribution in [0.25, 0.3) is 0 Å². The van der Waals surface area contributed by atoms with Crippen molar-refractivity contribution in [3.63, 3.8) is 0 Å². The summed E-state index contributed by atoms with van der Waals surface area (Å²) in [7, 11) is 0. The lowest BCUT2D eigenvalue weighted by Crippen LogP contribution is -2.13. The SMILES string of the molecule is Cc1cc(Cl)nc(COC2CCOC2)n1. The van der Waals surface area contributed by atoms with Crippen molar-refractivity contribution in [2.24, 2.45) is 0 Å². The van der Waals surface area contributed by atoms with Crippen molar-refractivity contribution in [3.05, 3.63) is 22.7 Å². The number of rotatable bonds is 3. The number of halogens is 1. The minimum atomic E-state index is 0.174. The Morgan fingerprint density at radius 2 is 2.47 bits per heavy atom. The van der Waals surface area contributed by atoms with E-state index in [2.05, 4.69) is 9.97 Å². The largest absolute Gasteiger partial charge is 0.379 e. The maximum absolute atomic E-state index is 5.81. The van der Waals surface area contributed by atoms with Crippen LogP contribution in [-0.2, 0) is 16.1 Å². The highest BCUT2D eigenvalue weighted by molar-refractivity contribution is 6.29. The molecule has 0 N–H and O–H groups in total. The van der Waals surface area contributed by atoms with Crippen LogP contribution in [0.3, 0.4) is 0 Å². The van der Waals surface area contributed by atoms with Crippen LogP contribution in [0.4, 0.5) is 0 Å². The zero-order chi connectivity index (χ0) is 10.7. The molecule has 0 aliphatic carbocycles. The van der Waals surface area contributed by atoms with E-state index in [9.17, 15) is 0 Å². The molecule has 0 radical (unpaired) electrons. The molecule has 0 bridgehead atoms. The summed E-state index contributed by atoms with van der Waals surface area (Å²) >= 11 is 5.81. The minimum Gasteiger partial charge on any atom is -0.379 e. The van der Waals surface area contributed by atoms with Gasteiger partial charge in [-0.05, 0) is 19.4 Å². The van der Waals surface area contributed by atoms with E-state index in [1.165, 1.54) is 0 Å². The van der Waals surface area contributed by atoms with Gasteiger partial charge < -0.3 is 9.47 Å². The van der Waals surface area contributed by atoms with Gasteiger partial charge in [0.2, 0.25) is 0 Å². The molecule has 4 nitrogen and oxygen atoms in total. The van der Waals surface area contributed by atoms with Crippen molar-refractivity contribution in [2.45, 2.75) is 26.1 Å². The fourth-order valence-corrected chi connectivity index (χ4v) is 1.75. The first kappa shape index (κ1) is 10.8. The average molecular weight is 229 g/mol. The first-order valence-corrected chi connectivity index (χ1v) is 5.31. The second-order valence-corrected chi connectivity index (χ2v) is 3.93. The van der Waals surface area contributed by atoms with Crippen LogP contribution in [0.15, 0.2) is 6.07 Å². The molecule has 1 unspecified atom stereocenters. The maximum Gasteiger partial charge on any atom is 0.155 e. The van der Waals surface area contributed by atoms with Gasteiger partial charge in [-0.15, -0.1) is 0 Å². The molecule has 1 aliphatic rings. The Morgan fingerprint density at radius 1 is 1.60 bits per heavy atom. The highest BCUT2D eigenvalue weighted by Gasteiger charge is 2.16. The van der Waals surface area contributed by atoms with Gasteiger partial charge in [-0.1, -0.05) is 11.6 Å². The Kier molecular flexibility index (Phi) is 3.51. The van der Waals surface area contributed by atoms with Crippen LogP contribution < -0.4 is 0 Å². The van der Waals surface area contributed by atoms with Gasteiger partial charge in [0.05, 0.1) is 12.7 Å². The topological polar surface area (TPSA) is 44.2 Å². The van der Waals surface area contributed by atoms with Crippen LogP contribution in [0.5, 0.6) is 0 Å². The smallest absolute Gasteiger partial charge is 0.155 e. The lowest BCUT2D eigenvalue weighted by molar-refractivity contribution is 0.0283. The minimum absolute atomic E-state index is 0.174. The maximum atomic E-state index is 5.81. The Bertz CT molecular complexity index is 320. The predicted molar refractivity (Wildman–Crippen MR) is 55.8 cm³/mol. The Labute approximate surface area is 93.6 Å². The van der Waals surface area contributed by atoms with Gasteiger partial charge in [-0.25, -0.2) is 9.97 Å². The van der Waals surface area contributed by atoms with Crippen molar-refractivity contribution in [3.8, 4) is 0 Å². The van der Waals surface area contributed by atoms with Crippen molar-refractivity contribution < 1.29 is 9.47 Å². The molecule has 0 saturated carbocycles. The summed E-state index contributed by atoms with van der Waals surface area (Å²) in [5.74, 6) is 0.631. The van der Waals surface area contributed by atoms with Crippen LogP contribution in [-0.4, -0.2) is 29.3 Å². The molecule has 2 rings (SSSR count). The van der Waals surface area contributed by atoms with Crippen molar-refractivity contribution in [1.29, 1.82) is 0 Å². The van der Waals surface area contributed by atoms with Crippen LogP contribution in [0.2, 0.25) is 5.15 Å². The van der Waals surface area contributed by atoms with E-state index in [0.717, 1.165) is 18.7 Å². The molecule has 0 spiro atoms. The molecule has 0 aromatic carbocycles. The highest BCUT2D eigenvalue weighted by Crippen LogP contribution is 2.11. The number of hydrogen-bond donors (Lipinski definition) is 0. The summed E-state index contributed by atoms with van der Waals surface area (Å²) in [4.78, 5) is 8.32. The predicted octanol–water partition coefficient (Wildman–Crippen LogP) is 1.74. The lowest BCUT2D eigenvalue weighted by atomic mass is 10.3. The monoisotopic (exact) mass is 228 g/mol. The fourth-order valence-electron chi connectivity index (χ4n) is 1.49. The molecule has 1 aliphatic heterocycles. The number of aryl methyl sites for hydroxylation is 1. The van der Waals surface area contributed by atoms with Gasteiger partial charge in [-0.2, -0.15) is 0 Å². The summed E-state index contributed by atoms with van der Waals surface area (Å²) in [6.07, 6.45) is 1.12. The molecule has 1 saturated heterocycles. The van der Waals surface area contributed by atoms with Crippen molar-refractivity contribution >= 4 is 11.6 Å². The first-order valence-electron chi connectivity index (χ1n) is 4.93. The second kappa shape index (κ2) is 4.88. The number of hydrogen-bond acceptors (Lipinski definition) is 4. The molecule has 15 heavy (non-hydrogen) atoms. The molecule has 1 atom stereocenters. The molecule has 1 fully saturated rings. The van der Waals surface area contributed by atoms with Crippen molar-refractivity contribution in [2.75, 3.05) is 13.2 Å². The van der Waals surface area contributed by atoms with Crippen LogP contribution in [0.1, 0.15) is 17.9 Å². The summed E-state index contributed by atoms with van der Waals surface area (Å²) in [5.41, 5.74) is 0.858. The number of aromatic nitrogens is 2. The third-order valence-corrected chi connectivity index (χ3v) is 2.40. The van der Waals surface area contributed by atoms with Gasteiger partial charge >= 0.3 is 0 Å². The van der Waals surface area contributed by atoms with E-state index < -0.39 is 0 Å². The molecule has 2 heterocycles. The third-order valence-electron chi connectivity index (χ3n) is 2.21. The summed E-state index contributed by atoms with van der Waals surface area (Å²) in [6.45, 7) is 3.73. The normalized spacial score (nSPS) is 20.8. The van der Waals surface area contributed by atoms with Gasteiger partial charge in [0.25, 0.3) is 0 Å². The van der Waals surface area contributed by atoms with Gasteiger partial charge in [0.15, 0.2) is 5.82 Å². The quantitative estimate of drug-likeness (QED) is 0.740. The van der Waals surface area contributed by atoms with E-state index >= 15 is 0 Å². The Hall–Kier alpha value is -0.710. The lowest BCUT2D eigenvalue weighted by Gasteiger charge is -2.08. The molecular formula is C10H13ClN2O2. The zero-order valence-electron chi connectivity index (χ0n) is 8.57. The Balaban J connectivity index is 1.92. The second-order valence-electron chi connectivity index (χ2n) is 3.54. The highest BCUT2D eigenvalue weighted by atomic mass is 35.5. The van der Waals surface area contributed by atoms with Crippen molar-refractivity contribution in [1.82, 2.24) is 9.97 Å². The van der Waals surface area contributed by atoms with E-state index in [0.29, 0.717) is 24.2 Å². The summed E-state index contributed by atoms with van der Waals surface area (Å²) in [5, 5.41) is 0.462. The van der Waals surface area contributed by atoms with Crippen LogP contribution >= 0.6 is 11.6 Å². The first-order chi connectivity index (χ1) is 7.24. The number of nitrogens with zero attached hydrogens (tertiary/aromatic N) is 2. The summed E-state index contributed by atoms with van der Waals surface area (Å²) in [6, 6.07) is 1.73. The van der Waals surface area contributed by atoms with E-state index in [1.54, 1.807) is 6.07 Å². The van der Waals surface area contributed by atoms with Gasteiger partial charge in [-0.3, -0.25) is 0 Å². The Morgan fingerprint density at radius 3 is 3.13 bits per heavy atom. The number of ether oxygens (including phenoxy) is 2. The summed E-state index contributed by atoms with van der Waals surface area (Å²) < 4.78 is 10.8. The van der Waals surface area contributed by atoms with E-state index in [1.807, 2.05) is 6.92 Å². The molecule has 82 valence electrons. The average Bonchev–Trinajstić information content (AvgIpc) is 2.65. The molecule has 5 heteroatoms. The van der Waals surface area contributed by atoms with Crippen LogP contribution in [0, 0.1) is 6.92 Å². The zero-order valence-corrected chi connectivity index (χ0v) is 9.33. The third kappa shape index (κ3) is 3.12. The van der Waals surface area contributed by atoms with E-state index in [-0.39, 0.29) is 6.10 Å². The van der Waals surface area contributed by atoms with E-state index in [4.69, 9.17) is 21.1 Å². The standard InChI is InChI=1S/C10H13ClN2O2/c1-7-4-9(11)13-10(12-7)6-15-8-2-3-14-5-8/h4,8H,2-3,5-6H2,1H3. The molecule has 1 aromatic heterocycles. The molecule has 0 amide bonds. The van der Waals surface area contributed by atoms with Gasteiger partial charge in [0, 0.05) is 12.3 Å².